The molecule has 0 aromatic rings. The first-order valence-electron chi connectivity index (χ1n) is 37.7. The first-order valence-corrected chi connectivity index (χ1v) is 40.7. The van der Waals surface area contributed by atoms with Crippen molar-refractivity contribution in [3.05, 3.63) is 0 Å². The van der Waals surface area contributed by atoms with Gasteiger partial charge in [0.25, 0.3) is 0 Å². The normalized spacial score (nSPS) is 14.5. The molecule has 0 aliphatic heterocycles. The SMILES string of the molecule is CCC(C)CCCCCCCCC(=O)OC[C@H](COP(=O)(O)OCC(O)COP(=O)(O)OC[C@@H](COC(=O)CCCCCCCCCC(C)C)OC(=O)CCCCCCCCCCCCCCC(C)C)OC(=O)CCCCCCCCCCCCCCCCC(C)C. The van der Waals surface area contributed by atoms with Crippen molar-refractivity contribution in [2.24, 2.45) is 23.7 Å². The van der Waals surface area contributed by atoms with Gasteiger partial charge in [0.15, 0.2) is 12.2 Å². The molecule has 0 aliphatic carbocycles. The number of hydrogen-bond donors (Lipinski definition) is 3. The van der Waals surface area contributed by atoms with Gasteiger partial charge in [0.1, 0.15) is 19.3 Å². The molecule has 546 valence electrons. The van der Waals surface area contributed by atoms with Crippen molar-refractivity contribution in [2.75, 3.05) is 39.6 Å². The lowest BCUT2D eigenvalue weighted by Crippen LogP contribution is -2.30. The van der Waals surface area contributed by atoms with E-state index in [1.807, 2.05) is 0 Å². The first kappa shape index (κ1) is 90.1. The molecule has 17 nitrogen and oxygen atoms in total. The van der Waals surface area contributed by atoms with E-state index in [1.165, 1.54) is 154 Å². The summed E-state index contributed by atoms with van der Waals surface area (Å²) >= 11 is 0. The molecule has 0 saturated carbocycles. The van der Waals surface area contributed by atoms with Crippen molar-refractivity contribution < 1.29 is 80.2 Å². The number of carbonyl (C=O) groups excluding carboxylic acids is 4. The summed E-state index contributed by atoms with van der Waals surface area (Å²) in [4.78, 5) is 72.6. The summed E-state index contributed by atoms with van der Waals surface area (Å²) in [7, 11) is -9.91. The van der Waals surface area contributed by atoms with Crippen LogP contribution in [0.1, 0.15) is 364 Å². The third-order valence-electron chi connectivity index (χ3n) is 17.2. The largest absolute Gasteiger partial charge is 0.472 e. The van der Waals surface area contributed by atoms with Gasteiger partial charge in [-0.15, -0.1) is 0 Å². The first-order chi connectivity index (χ1) is 44.1. The molecule has 6 atom stereocenters. The van der Waals surface area contributed by atoms with E-state index < -0.39 is 97.5 Å². The Hall–Kier alpha value is -1.94. The predicted molar refractivity (Wildman–Crippen MR) is 372 cm³/mol. The van der Waals surface area contributed by atoms with Crippen LogP contribution in [0.5, 0.6) is 0 Å². The Balaban J connectivity index is 5.23. The monoisotopic (exact) mass is 1350 g/mol. The van der Waals surface area contributed by atoms with Crippen LogP contribution in [0.25, 0.3) is 0 Å². The number of ether oxygens (including phenoxy) is 4. The summed E-state index contributed by atoms with van der Waals surface area (Å²) in [5.41, 5.74) is 0. The number of rotatable bonds is 70. The molecule has 0 aromatic heterocycles. The second-order valence-corrected chi connectivity index (χ2v) is 30.9. The van der Waals surface area contributed by atoms with Crippen molar-refractivity contribution in [1.82, 2.24) is 0 Å². The van der Waals surface area contributed by atoms with Crippen molar-refractivity contribution in [3.8, 4) is 0 Å². The summed E-state index contributed by atoms with van der Waals surface area (Å²) in [6, 6.07) is 0. The zero-order valence-electron chi connectivity index (χ0n) is 60.2. The molecular formula is C73H142O17P2. The molecule has 92 heavy (non-hydrogen) atoms. The van der Waals surface area contributed by atoms with Gasteiger partial charge in [0, 0.05) is 25.7 Å². The highest BCUT2D eigenvalue weighted by molar-refractivity contribution is 7.47. The molecule has 0 spiro atoms. The van der Waals surface area contributed by atoms with Gasteiger partial charge in [-0.05, 0) is 49.4 Å². The number of hydrogen-bond acceptors (Lipinski definition) is 15. The Kier molecular flexibility index (Phi) is 61.3. The Labute approximate surface area is 562 Å². The van der Waals surface area contributed by atoms with E-state index in [4.69, 9.17) is 37.0 Å². The van der Waals surface area contributed by atoms with Crippen molar-refractivity contribution in [1.29, 1.82) is 0 Å². The molecule has 0 heterocycles. The van der Waals surface area contributed by atoms with Gasteiger partial charge in [-0.1, -0.05) is 312 Å². The lowest BCUT2D eigenvalue weighted by atomic mass is 10.00. The second-order valence-electron chi connectivity index (χ2n) is 28.0. The third kappa shape index (κ3) is 65.4. The van der Waals surface area contributed by atoms with E-state index in [2.05, 4.69) is 55.4 Å². The summed E-state index contributed by atoms with van der Waals surface area (Å²) in [5.74, 6) is 0.881. The molecule has 0 aliphatic rings. The Morgan fingerprint density at radius 2 is 0.522 bits per heavy atom. The number of phosphoric acid groups is 2. The maximum Gasteiger partial charge on any atom is 0.472 e. The number of aliphatic hydroxyl groups is 1. The standard InChI is InChI=1S/C73H142O17P2/c1-9-66(8)52-44-36-31-32-38-46-54-71(76)84-60-69(90-73(78)55-47-39-28-22-18-13-11-10-12-16-20-25-33-41-49-63(2)3)62-88-92(81,82)86-58-67(74)57-85-91(79,80)87-61-68(59-83-70(75)53-45-37-30-24-27-35-43-51-65(6)7)89-72(77)56-48-40-29-23-19-15-14-17-21-26-34-42-50-64(4)5/h63-69,74H,9-62H2,1-8H3,(H,79,80)(H,81,82)/t66?,67?,68-,69-/m1/s1. The maximum atomic E-state index is 13.0. The quantitative estimate of drug-likeness (QED) is 0.0222. The molecule has 19 heteroatoms. The third-order valence-corrected chi connectivity index (χ3v) is 19.1. The molecule has 0 amide bonds. The molecule has 0 fully saturated rings. The fourth-order valence-corrected chi connectivity index (χ4v) is 12.6. The van der Waals surface area contributed by atoms with Crippen LogP contribution in [0.4, 0.5) is 0 Å². The van der Waals surface area contributed by atoms with E-state index in [0.717, 1.165) is 120 Å². The minimum absolute atomic E-state index is 0.105. The van der Waals surface area contributed by atoms with Crippen LogP contribution in [0.15, 0.2) is 0 Å². The van der Waals surface area contributed by atoms with E-state index in [-0.39, 0.29) is 25.7 Å². The molecule has 4 unspecified atom stereocenters. The number of esters is 4. The Morgan fingerprint density at radius 3 is 0.772 bits per heavy atom. The Morgan fingerprint density at radius 1 is 0.304 bits per heavy atom. The molecule has 0 rings (SSSR count). The average molecular weight is 1350 g/mol. The molecule has 0 bridgehead atoms. The van der Waals surface area contributed by atoms with Gasteiger partial charge in [-0.3, -0.25) is 37.3 Å². The topological polar surface area (TPSA) is 237 Å². The van der Waals surface area contributed by atoms with Crippen LogP contribution >= 0.6 is 15.6 Å². The highest BCUT2D eigenvalue weighted by Crippen LogP contribution is 2.45. The fourth-order valence-electron chi connectivity index (χ4n) is 11.0. The van der Waals surface area contributed by atoms with E-state index in [9.17, 15) is 43.2 Å². The molecule has 0 radical (unpaired) electrons. The molecule has 3 N–H and O–H groups in total. The number of phosphoric ester groups is 2. The maximum absolute atomic E-state index is 13.0. The van der Waals surface area contributed by atoms with Gasteiger partial charge in [-0.25, -0.2) is 9.13 Å². The summed E-state index contributed by atoms with van der Waals surface area (Å²) < 4.78 is 68.4. The Bertz CT molecular complexity index is 1820. The predicted octanol–water partition coefficient (Wildman–Crippen LogP) is 20.9. The van der Waals surface area contributed by atoms with Crippen LogP contribution in [0.2, 0.25) is 0 Å². The lowest BCUT2D eigenvalue weighted by Gasteiger charge is -2.21. The summed E-state index contributed by atoms with van der Waals surface area (Å²) in [6.45, 7) is 14.1. The molecular weight excluding hydrogens is 1210 g/mol. The van der Waals surface area contributed by atoms with Gasteiger partial charge in [-0.2, -0.15) is 0 Å². The van der Waals surface area contributed by atoms with Gasteiger partial charge in [0.05, 0.1) is 26.4 Å². The minimum atomic E-state index is -4.95. The van der Waals surface area contributed by atoms with E-state index >= 15 is 0 Å². The zero-order valence-corrected chi connectivity index (χ0v) is 62.0. The van der Waals surface area contributed by atoms with Crippen LogP contribution in [-0.4, -0.2) is 96.7 Å². The van der Waals surface area contributed by atoms with Crippen molar-refractivity contribution in [2.45, 2.75) is 382 Å². The van der Waals surface area contributed by atoms with E-state index in [0.29, 0.717) is 31.6 Å². The highest BCUT2D eigenvalue weighted by Gasteiger charge is 2.30. The van der Waals surface area contributed by atoms with Gasteiger partial charge in [0.2, 0.25) is 0 Å². The average Bonchev–Trinajstić information content (AvgIpc) is 2.50. The van der Waals surface area contributed by atoms with Gasteiger partial charge < -0.3 is 33.8 Å². The number of carbonyl (C=O) groups is 4. The smallest absolute Gasteiger partial charge is 0.462 e. The summed E-state index contributed by atoms with van der Waals surface area (Å²) in [5, 5.41) is 10.6. The van der Waals surface area contributed by atoms with Crippen LogP contribution in [0.3, 0.4) is 0 Å². The molecule has 0 saturated heterocycles. The number of aliphatic hydroxyl groups excluding tert-OH is 1. The van der Waals surface area contributed by atoms with Crippen molar-refractivity contribution in [3.63, 3.8) is 0 Å². The minimum Gasteiger partial charge on any atom is -0.462 e. The van der Waals surface area contributed by atoms with Crippen molar-refractivity contribution >= 4 is 39.5 Å². The summed E-state index contributed by atoms with van der Waals surface area (Å²) in [6.07, 6.45) is 45.9. The molecule has 0 aromatic carbocycles. The zero-order chi connectivity index (χ0) is 68.2. The van der Waals surface area contributed by atoms with Crippen LogP contribution in [0, 0.1) is 23.7 Å². The second kappa shape index (κ2) is 62.6. The van der Waals surface area contributed by atoms with Gasteiger partial charge >= 0.3 is 39.5 Å². The lowest BCUT2D eigenvalue weighted by molar-refractivity contribution is -0.161. The highest BCUT2D eigenvalue weighted by atomic mass is 31.2. The van der Waals surface area contributed by atoms with Crippen LogP contribution in [-0.2, 0) is 65.4 Å². The van der Waals surface area contributed by atoms with Crippen LogP contribution < -0.4 is 0 Å². The fraction of sp³-hybridized carbons (Fsp3) is 0.945. The number of unbranched alkanes of at least 4 members (excludes halogenated alkanes) is 35. The van der Waals surface area contributed by atoms with E-state index in [1.54, 1.807) is 0 Å².